The molecule has 0 bridgehead atoms. The van der Waals surface area contributed by atoms with E-state index in [1.807, 2.05) is 0 Å². The second kappa shape index (κ2) is 4.76. The molecule has 0 atom stereocenters. The van der Waals surface area contributed by atoms with E-state index < -0.39 is 45.3 Å². The van der Waals surface area contributed by atoms with E-state index in [2.05, 4.69) is 9.97 Å². The number of halogens is 3. The summed E-state index contributed by atoms with van der Waals surface area (Å²) >= 11 is 0. The third kappa shape index (κ3) is 2.13. The highest BCUT2D eigenvalue weighted by atomic mass is 19.1. The van der Waals surface area contributed by atoms with Crippen LogP contribution >= 0.6 is 0 Å². The van der Waals surface area contributed by atoms with Crippen LogP contribution in [0.25, 0.3) is 11.4 Å². The lowest BCUT2D eigenvalue weighted by molar-refractivity contribution is -0.387. The molecule has 2 rings (SSSR count). The van der Waals surface area contributed by atoms with Crippen LogP contribution in [0.2, 0.25) is 0 Å². The van der Waals surface area contributed by atoms with E-state index in [9.17, 15) is 23.3 Å². The molecular weight excluding hydrogens is 277 g/mol. The smallest absolute Gasteiger partial charge is 0.305 e. The van der Waals surface area contributed by atoms with Crippen LogP contribution in [0.5, 0.6) is 0 Å². The van der Waals surface area contributed by atoms with Gasteiger partial charge in [0.05, 0.1) is 16.2 Å². The molecule has 9 heteroatoms. The van der Waals surface area contributed by atoms with Crippen LogP contribution in [-0.2, 0) is 0 Å². The third-order valence-corrected chi connectivity index (χ3v) is 2.53. The first kappa shape index (κ1) is 13.7. The topological polar surface area (TPSA) is 94.9 Å². The Labute approximate surface area is 110 Å². The van der Waals surface area contributed by atoms with Gasteiger partial charge in [0.2, 0.25) is 5.82 Å². The van der Waals surface area contributed by atoms with Gasteiger partial charge in [-0.25, -0.2) is 18.7 Å². The number of nitro groups is 1. The molecule has 0 amide bonds. The molecule has 2 N–H and O–H groups in total. The summed E-state index contributed by atoms with van der Waals surface area (Å²) in [6.07, 6.45) is 0. The minimum atomic E-state index is -1.44. The van der Waals surface area contributed by atoms with Crippen molar-refractivity contribution < 1.29 is 18.1 Å². The van der Waals surface area contributed by atoms with Gasteiger partial charge >= 0.3 is 5.69 Å². The van der Waals surface area contributed by atoms with Gasteiger partial charge in [-0.2, -0.15) is 4.39 Å². The van der Waals surface area contributed by atoms with E-state index >= 15 is 0 Å². The Balaban J connectivity index is 2.76. The fourth-order valence-electron chi connectivity index (χ4n) is 1.58. The highest BCUT2D eigenvalue weighted by Crippen LogP contribution is 2.30. The summed E-state index contributed by atoms with van der Waals surface area (Å²) in [6, 6.07) is 1.38. The van der Waals surface area contributed by atoms with Crippen molar-refractivity contribution in [2.24, 2.45) is 0 Å². The largest absolute Gasteiger partial charge is 0.381 e. The molecule has 0 spiro atoms. The van der Waals surface area contributed by atoms with Gasteiger partial charge in [0, 0.05) is 6.07 Å². The second-order valence-corrected chi connectivity index (χ2v) is 3.84. The molecule has 1 heterocycles. The maximum absolute atomic E-state index is 13.9. The summed E-state index contributed by atoms with van der Waals surface area (Å²) in [5.41, 5.74) is 3.26. The number of nitrogens with zero attached hydrogens (tertiary/aromatic N) is 3. The summed E-state index contributed by atoms with van der Waals surface area (Å²) in [5, 5.41) is 10.6. The first-order chi connectivity index (χ1) is 9.32. The molecule has 0 aliphatic heterocycles. The summed E-state index contributed by atoms with van der Waals surface area (Å²) in [5.74, 6) is -4.63. The number of nitrogens with two attached hydrogens (primary N) is 1. The molecule has 20 heavy (non-hydrogen) atoms. The molecule has 0 aliphatic rings. The van der Waals surface area contributed by atoms with Gasteiger partial charge in [-0.1, -0.05) is 0 Å². The quantitative estimate of drug-likeness (QED) is 0.674. The first-order valence-electron chi connectivity index (χ1n) is 5.25. The minimum absolute atomic E-state index is 0.224. The predicted octanol–water partition coefficient (Wildman–Crippen LogP) is 2.36. The van der Waals surface area contributed by atoms with Crippen molar-refractivity contribution in [3.8, 4) is 11.4 Å². The highest BCUT2D eigenvalue weighted by Gasteiger charge is 2.25. The monoisotopic (exact) mass is 284 g/mol. The van der Waals surface area contributed by atoms with E-state index in [1.165, 1.54) is 6.92 Å². The molecule has 0 saturated heterocycles. The van der Waals surface area contributed by atoms with Crippen molar-refractivity contribution in [2.45, 2.75) is 6.92 Å². The number of nitrogen functional groups attached to an aromatic ring is 1. The van der Waals surface area contributed by atoms with Crippen molar-refractivity contribution in [2.75, 3.05) is 5.73 Å². The number of aromatic nitrogens is 2. The number of hydrogen-bond donors (Lipinski definition) is 1. The second-order valence-electron chi connectivity index (χ2n) is 3.84. The van der Waals surface area contributed by atoms with Crippen LogP contribution in [0.4, 0.5) is 24.7 Å². The van der Waals surface area contributed by atoms with Gasteiger partial charge in [0.25, 0.3) is 0 Å². The van der Waals surface area contributed by atoms with Gasteiger partial charge in [-0.15, -0.1) is 0 Å². The molecule has 104 valence electrons. The predicted molar refractivity (Wildman–Crippen MR) is 63.1 cm³/mol. The lowest BCUT2D eigenvalue weighted by Gasteiger charge is -2.07. The molecule has 0 unspecified atom stereocenters. The summed E-state index contributed by atoms with van der Waals surface area (Å²) in [7, 11) is 0. The van der Waals surface area contributed by atoms with E-state index in [4.69, 9.17) is 5.73 Å². The van der Waals surface area contributed by atoms with E-state index in [1.54, 1.807) is 0 Å². The van der Waals surface area contributed by atoms with Crippen molar-refractivity contribution in [1.82, 2.24) is 9.97 Å². The average Bonchev–Trinajstić information content (AvgIpc) is 2.35. The minimum Gasteiger partial charge on any atom is -0.381 e. The van der Waals surface area contributed by atoms with Crippen molar-refractivity contribution in [3.63, 3.8) is 0 Å². The molecule has 0 fully saturated rings. The maximum atomic E-state index is 13.9. The zero-order valence-corrected chi connectivity index (χ0v) is 10.0. The van der Waals surface area contributed by atoms with Crippen LogP contribution in [0.3, 0.4) is 0 Å². The summed E-state index contributed by atoms with van der Waals surface area (Å²) in [6.45, 7) is 1.23. The van der Waals surface area contributed by atoms with E-state index in [0.717, 1.165) is 0 Å². The summed E-state index contributed by atoms with van der Waals surface area (Å²) < 4.78 is 40.9. The Kier molecular flexibility index (Phi) is 3.26. The number of rotatable bonds is 2. The van der Waals surface area contributed by atoms with Crippen molar-refractivity contribution in [3.05, 3.63) is 45.4 Å². The first-order valence-corrected chi connectivity index (χ1v) is 5.25. The van der Waals surface area contributed by atoms with Gasteiger partial charge in [0.15, 0.2) is 17.5 Å². The van der Waals surface area contributed by atoms with Crippen molar-refractivity contribution in [1.29, 1.82) is 0 Å². The third-order valence-electron chi connectivity index (χ3n) is 2.53. The Morgan fingerprint density at radius 1 is 1.20 bits per heavy atom. The van der Waals surface area contributed by atoms with E-state index in [0.29, 0.717) is 12.1 Å². The maximum Gasteiger partial charge on any atom is 0.305 e. The molecule has 1 aromatic carbocycles. The standard InChI is InChI=1S/C11H7F3N4O2/c1-4-8(13)10(15)17-11(16-4)7-5(12)2-3-6(9(7)14)18(19)20/h2-3H,1H3,(H2,15,16,17). The molecular formula is C11H7F3N4O2. The molecule has 6 nitrogen and oxygen atoms in total. The van der Waals surface area contributed by atoms with Crippen LogP contribution in [0.1, 0.15) is 5.69 Å². The highest BCUT2D eigenvalue weighted by molar-refractivity contribution is 5.63. The lowest BCUT2D eigenvalue weighted by Crippen LogP contribution is -2.06. The van der Waals surface area contributed by atoms with Gasteiger partial charge in [-0.3, -0.25) is 10.1 Å². The fraction of sp³-hybridized carbons (Fsp3) is 0.0909. The van der Waals surface area contributed by atoms with Gasteiger partial charge < -0.3 is 5.73 Å². The zero-order valence-electron chi connectivity index (χ0n) is 10.0. The Morgan fingerprint density at radius 3 is 2.40 bits per heavy atom. The van der Waals surface area contributed by atoms with Gasteiger partial charge in [-0.05, 0) is 13.0 Å². The SMILES string of the molecule is Cc1nc(-c2c(F)ccc([N+](=O)[O-])c2F)nc(N)c1F. The van der Waals surface area contributed by atoms with Crippen LogP contribution in [-0.4, -0.2) is 14.9 Å². The number of nitro benzene ring substituents is 1. The van der Waals surface area contributed by atoms with Crippen LogP contribution in [0.15, 0.2) is 12.1 Å². The number of benzene rings is 1. The van der Waals surface area contributed by atoms with E-state index in [-0.39, 0.29) is 5.69 Å². The molecule has 1 aromatic heterocycles. The normalized spacial score (nSPS) is 10.6. The fourth-order valence-corrected chi connectivity index (χ4v) is 1.58. The molecule has 0 radical (unpaired) electrons. The molecule has 0 saturated carbocycles. The lowest BCUT2D eigenvalue weighted by atomic mass is 10.1. The van der Waals surface area contributed by atoms with Crippen LogP contribution < -0.4 is 5.73 Å². The molecule has 0 aliphatic carbocycles. The molecule has 2 aromatic rings. The van der Waals surface area contributed by atoms with Gasteiger partial charge in [0.1, 0.15) is 5.82 Å². The summed E-state index contributed by atoms with van der Waals surface area (Å²) in [4.78, 5) is 16.6. The number of aryl methyl sites for hydroxylation is 1. The number of anilines is 1. The number of hydrogen-bond acceptors (Lipinski definition) is 5. The Hall–Kier alpha value is -2.71. The zero-order chi connectivity index (χ0) is 15.0. The van der Waals surface area contributed by atoms with Crippen LogP contribution in [0, 0.1) is 34.5 Å². The average molecular weight is 284 g/mol. The Morgan fingerprint density at radius 2 is 1.85 bits per heavy atom. The van der Waals surface area contributed by atoms with Crippen molar-refractivity contribution >= 4 is 11.5 Å². The Bertz CT molecular complexity index is 698.